The van der Waals surface area contributed by atoms with Crippen molar-refractivity contribution in [3.8, 4) is 11.5 Å². The molecule has 0 aromatic heterocycles. The van der Waals surface area contributed by atoms with Crippen LogP contribution in [0.5, 0.6) is 11.5 Å². The normalized spacial score (nSPS) is 16.9. The number of methoxy groups -OCH3 is 2. The summed E-state index contributed by atoms with van der Waals surface area (Å²) in [6.07, 6.45) is 1.26. The molecule has 7 nitrogen and oxygen atoms in total. The first-order chi connectivity index (χ1) is 15.6. The number of piperidine rings is 1. The van der Waals surface area contributed by atoms with Gasteiger partial charge in [0.05, 0.1) is 25.9 Å². The van der Waals surface area contributed by atoms with Crippen molar-refractivity contribution in [3.63, 3.8) is 0 Å². The van der Waals surface area contributed by atoms with Gasteiger partial charge in [-0.05, 0) is 48.2 Å². The second-order valence-corrected chi connectivity index (χ2v) is 10.9. The van der Waals surface area contributed by atoms with Crippen molar-refractivity contribution >= 4 is 39.1 Å². The highest BCUT2D eigenvalue weighted by Gasteiger charge is 2.34. The van der Waals surface area contributed by atoms with Crippen molar-refractivity contribution in [2.75, 3.05) is 34.4 Å². The summed E-state index contributed by atoms with van der Waals surface area (Å²) in [5, 5.41) is 0.757. The molecule has 1 heterocycles. The first kappa shape index (κ1) is 25.6. The smallest absolute Gasteiger partial charge is 0.227 e. The molecule has 1 aliphatic rings. The number of ether oxygens (including phenoxy) is 2. The Hall–Kier alpha value is -2.00. The molecule has 33 heavy (non-hydrogen) atoms. The molecule has 1 fully saturated rings. The van der Waals surface area contributed by atoms with E-state index < -0.39 is 15.9 Å². The van der Waals surface area contributed by atoms with E-state index in [1.807, 2.05) is 12.1 Å². The zero-order valence-electron chi connectivity index (χ0n) is 18.9. The maximum atomic E-state index is 13.1. The van der Waals surface area contributed by atoms with Crippen LogP contribution in [-0.2, 0) is 27.1 Å². The summed E-state index contributed by atoms with van der Waals surface area (Å²) in [6, 6.07) is 10.3. The predicted molar refractivity (Wildman–Crippen MR) is 129 cm³/mol. The Kier molecular flexibility index (Phi) is 8.50. The Bertz CT molecular complexity index is 1110. The lowest BCUT2D eigenvalue weighted by Crippen LogP contribution is -2.46. The van der Waals surface area contributed by atoms with Gasteiger partial charge >= 0.3 is 0 Å². The highest BCUT2D eigenvalue weighted by Crippen LogP contribution is 2.29. The summed E-state index contributed by atoms with van der Waals surface area (Å²) >= 11 is 12.1. The van der Waals surface area contributed by atoms with E-state index in [0.717, 1.165) is 5.56 Å². The van der Waals surface area contributed by atoms with Crippen molar-refractivity contribution < 1.29 is 22.7 Å². The van der Waals surface area contributed by atoms with Crippen LogP contribution in [0.15, 0.2) is 36.4 Å². The summed E-state index contributed by atoms with van der Waals surface area (Å²) < 4.78 is 38.1. The number of hydrogen-bond donors (Lipinski definition) is 0. The Labute approximate surface area is 205 Å². The van der Waals surface area contributed by atoms with E-state index in [4.69, 9.17) is 32.7 Å². The van der Waals surface area contributed by atoms with Gasteiger partial charge in [0.15, 0.2) is 11.5 Å². The summed E-state index contributed by atoms with van der Waals surface area (Å²) in [5.41, 5.74) is 1.38. The molecule has 2 aromatic rings. The molecule has 0 bridgehead atoms. The van der Waals surface area contributed by atoms with Gasteiger partial charge < -0.3 is 14.4 Å². The molecule has 180 valence electrons. The molecule has 0 spiro atoms. The van der Waals surface area contributed by atoms with Crippen molar-refractivity contribution in [2.24, 2.45) is 5.92 Å². The Morgan fingerprint density at radius 1 is 1.12 bits per heavy atom. The van der Waals surface area contributed by atoms with Gasteiger partial charge in [0.25, 0.3) is 0 Å². The molecule has 0 radical (unpaired) electrons. The average Bonchev–Trinajstić information content (AvgIpc) is 2.80. The maximum Gasteiger partial charge on any atom is 0.227 e. The Balaban J connectivity index is 1.67. The number of benzene rings is 2. The first-order valence-corrected chi connectivity index (χ1v) is 12.9. The van der Waals surface area contributed by atoms with E-state index in [0.29, 0.717) is 53.0 Å². The molecule has 1 saturated heterocycles. The number of amides is 1. The quantitative estimate of drug-likeness (QED) is 0.527. The molecule has 0 aliphatic carbocycles. The van der Waals surface area contributed by atoms with Gasteiger partial charge in [0.2, 0.25) is 15.9 Å². The topological polar surface area (TPSA) is 76.2 Å². The van der Waals surface area contributed by atoms with Crippen LogP contribution in [0.2, 0.25) is 10.0 Å². The van der Waals surface area contributed by atoms with Gasteiger partial charge in [-0.25, -0.2) is 12.7 Å². The lowest BCUT2D eigenvalue weighted by atomic mass is 9.98. The van der Waals surface area contributed by atoms with E-state index in [1.54, 1.807) is 44.4 Å². The number of sulfonamides is 1. The highest BCUT2D eigenvalue weighted by atomic mass is 35.5. The highest BCUT2D eigenvalue weighted by molar-refractivity contribution is 7.88. The minimum atomic E-state index is -3.63. The van der Waals surface area contributed by atoms with E-state index in [9.17, 15) is 13.2 Å². The third-order valence-electron chi connectivity index (χ3n) is 5.72. The third-order valence-corrected chi connectivity index (χ3v) is 8.10. The number of carbonyl (C=O) groups excluding carboxylic acids is 1. The molecule has 1 unspecified atom stereocenters. The van der Waals surface area contributed by atoms with Crippen LogP contribution in [0, 0.1) is 5.92 Å². The van der Waals surface area contributed by atoms with Crippen LogP contribution >= 0.6 is 23.2 Å². The van der Waals surface area contributed by atoms with Crippen molar-refractivity contribution in [1.82, 2.24) is 9.21 Å². The van der Waals surface area contributed by atoms with E-state index in [1.165, 1.54) is 10.4 Å². The predicted octanol–water partition coefficient (Wildman–Crippen LogP) is 4.21. The fourth-order valence-electron chi connectivity index (χ4n) is 3.97. The zero-order chi connectivity index (χ0) is 24.2. The van der Waals surface area contributed by atoms with Gasteiger partial charge in [0.1, 0.15) is 0 Å². The fourth-order valence-corrected chi connectivity index (χ4v) is 6.16. The average molecular weight is 515 g/mol. The lowest BCUT2D eigenvalue weighted by molar-refractivity contribution is -0.135. The molecule has 0 saturated carbocycles. The molecule has 1 amide bonds. The fraction of sp³-hybridized carbons (Fsp3) is 0.435. The van der Waals surface area contributed by atoms with E-state index >= 15 is 0 Å². The van der Waals surface area contributed by atoms with Gasteiger partial charge in [-0.3, -0.25) is 4.79 Å². The second kappa shape index (κ2) is 11.0. The van der Waals surface area contributed by atoms with E-state index in [-0.39, 0.29) is 18.2 Å². The molecule has 2 aromatic carbocycles. The number of carbonyl (C=O) groups is 1. The Morgan fingerprint density at radius 3 is 2.52 bits per heavy atom. The first-order valence-electron chi connectivity index (χ1n) is 10.5. The summed E-state index contributed by atoms with van der Waals surface area (Å²) in [6.45, 7) is 0.919. The van der Waals surface area contributed by atoms with Gasteiger partial charge in [0, 0.05) is 36.7 Å². The number of halogens is 2. The van der Waals surface area contributed by atoms with Gasteiger partial charge in [-0.15, -0.1) is 0 Å². The van der Waals surface area contributed by atoms with Crippen LogP contribution in [0.1, 0.15) is 24.0 Å². The third kappa shape index (κ3) is 6.32. The van der Waals surface area contributed by atoms with Crippen LogP contribution < -0.4 is 9.47 Å². The van der Waals surface area contributed by atoms with Crippen molar-refractivity contribution in [1.29, 1.82) is 0 Å². The van der Waals surface area contributed by atoms with Gasteiger partial charge in [-0.1, -0.05) is 35.3 Å². The summed E-state index contributed by atoms with van der Waals surface area (Å²) in [7, 11) is 1.21. The number of hydrogen-bond acceptors (Lipinski definition) is 5. The lowest BCUT2D eigenvalue weighted by Gasteiger charge is -2.33. The maximum absolute atomic E-state index is 13.1. The monoisotopic (exact) mass is 514 g/mol. The molecule has 3 rings (SSSR count). The molecular formula is C23H28Cl2N2O5S. The van der Waals surface area contributed by atoms with Crippen LogP contribution in [0.3, 0.4) is 0 Å². The largest absolute Gasteiger partial charge is 0.493 e. The minimum absolute atomic E-state index is 0.0887. The zero-order valence-corrected chi connectivity index (χ0v) is 21.2. The SMILES string of the molecule is COc1ccc(CN(C)C(=O)C2CCCN(S(=O)(=O)Cc3ccc(Cl)cc3Cl)C2)cc1OC. The van der Waals surface area contributed by atoms with Crippen molar-refractivity contribution in [3.05, 3.63) is 57.6 Å². The summed E-state index contributed by atoms with van der Waals surface area (Å²) in [5.74, 6) is 0.482. The summed E-state index contributed by atoms with van der Waals surface area (Å²) in [4.78, 5) is 14.7. The number of nitrogens with zero attached hydrogens (tertiary/aromatic N) is 2. The molecule has 10 heteroatoms. The Morgan fingerprint density at radius 2 is 1.85 bits per heavy atom. The molecule has 1 aliphatic heterocycles. The second-order valence-electron chi connectivity index (χ2n) is 8.07. The van der Waals surface area contributed by atoms with Crippen LogP contribution in [-0.4, -0.2) is 57.9 Å². The molecule has 1 atom stereocenters. The minimum Gasteiger partial charge on any atom is -0.493 e. The molecular weight excluding hydrogens is 487 g/mol. The van der Waals surface area contributed by atoms with Gasteiger partial charge in [-0.2, -0.15) is 0 Å². The standard InChI is InChI=1S/C23H28Cl2N2O5S/c1-26(13-16-6-9-21(31-2)22(11-16)32-3)23(28)17-5-4-10-27(14-17)33(29,30)15-18-7-8-19(24)12-20(18)25/h6-9,11-12,17H,4-5,10,13-15H2,1-3H3. The molecule has 0 N–H and O–H groups in total. The van der Waals surface area contributed by atoms with Crippen LogP contribution in [0.4, 0.5) is 0 Å². The van der Waals surface area contributed by atoms with Crippen LogP contribution in [0.25, 0.3) is 0 Å². The van der Waals surface area contributed by atoms with E-state index in [2.05, 4.69) is 0 Å². The van der Waals surface area contributed by atoms with Crippen molar-refractivity contribution in [2.45, 2.75) is 25.1 Å². The number of rotatable bonds is 8.